The number of methoxy groups -OCH3 is 1. The summed E-state index contributed by atoms with van der Waals surface area (Å²) in [7, 11) is 1.12. The molecular formula is C15H12O10. The summed E-state index contributed by atoms with van der Waals surface area (Å²) in [5, 5.41) is 46.4. The van der Waals surface area contributed by atoms with Gasteiger partial charge in [-0.1, -0.05) is 0 Å². The number of carbonyl (C=O) groups excluding carboxylic acids is 1. The van der Waals surface area contributed by atoms with E-state index >= 15 is 0 Å². The van der Waals surface area contributed by atoms with Crippen LogP contribution in [-0.4, -0.2) is 56.3 Å². The second-order valence-electron chi connectivity index (χ2n) is 4.48. The third-order valence-electron chi connectivity index (χ3n) is 2.85. The normalized spacial score (nSPS) is 11.7. The van der Waals surface area contributed by atoms with E-state index in [0.717, 1.165) is 19.2 Å². The van der Waals surface area contributed by atoms with Crippen LogP contribution >= 0.6 is 0 Å². The summed E-state index contributed by atoms with van der Waals surface area (Å²) >= 11 is 0. The second kappa shape index (κ2) is 7.64. The minimum Gasteiger partial charge on any atom is -0.507 e. The minimum atomic E-state index is -1.91. The lowest BCUT2D eigenvalue weighted by atomic mass is 10.0. The van der Waals surface area contributed by atoms with Crippen molar-refractivity contribution >= 4 is 29.5 Å². The van der Waals surface area contributed by atoms with Crippen molar-refractivity contribution in [3.8, 4) is 11.5 Å². The number of aromatic hydroxyl groups is 1. The van der Waals surface area contributed by atoms with Crippen molar-refractivity contribution in [1.82, 2.24) is 0 Å². The van der Waals surface area contributed by atoms with Crippen LogP contribution in [0.1, 0.15) is 15.9 Å². The molecule has 0 heterocycles. The zero-order valence-electron chi connectivity index (χ0n) is 12.6. The van der Waals surface area contributed by atoms with E-state index in [1.807, 2.05) is 0 Å². The number of aliphatic carboxylic acids is 2. The van der Waals surface area contributed by atoms with Crippen LogP contribution < -0.4 is 4.74 Å². The van der Waals surface area contributed by atoms with Crippen LogP contribution in [-0.2, 0) is 14.4 Å². The number of aliphatic hydroxyl groups excluding tert-OH is 1. The van der Waals surface area contributed by atoms with Gasteiger partial charge in [-0.3, -0.25) is 4.79 Å². The Morgan fingerprint density at radius 2 is 1.56 bits per heavy atom. The summed E-state index contributed by atoms with van der Waals surface area (Å²) in [4.78, 5) is 43.7. The number of phenolic OH excluding ortho intramolecular Hbond substituents is 1. The van der Waals surface area contributed by atoms with Gasteiger partial charge >= 0.3 is 17.9 Å². The number of benzene rings is 1. The van der Waals surface area contributed by atoms with Crippen molar-refractivity contribution in [3.63, 3.8) is 0 Å². The highest BCUT2D eigenvalue weighted by atomic mass is 16.5. The highest BCUT2D eigenvalue weighted by Gasteiger charge is 2.19. The molecule has 0 unspecified atom stereocenters. The molecule has 5 N–H and O–H groups in total. The molecule has 10 nitrogen and oxygen atoms in total. The van der Waals surface area contributed by atoms with Crippen LogP contribution in [0.25, 0.3) is 5.76 Å². The lowest BCUT2D eigenvalue weighted by Crippen LogP contribution is -2.12. The summed E-state index contributed by atoms with van der Waals surface area (Å²) in [6.45, 7) is 0. The molecule has 1 rings (SSSR count). The fourth-order valence-corrected chi connectivity index (χ4v) is 1.68. The standard InChI is InChI=1S/C15H12O10/c1-25-11-5-6(13(19)20)2-8(12(11)18)9(16)3-7(14(21)22)4-10(17)15(23)24/h2-5,16,18H,1H3,(H,19,20)(H,21,22)(H,23,24). The number of carbonyl (C=O) groups is 4. The largest absolute Gasteiger partial charge is 0.507 e. The number of hydrogen-bond donors (Lipinski definition) is 5. The van der Waals surface area contributed by atoms with E-state index < -0.39 is 46.3 Å². The van der Waals surface area contributed by atoms with Gasteiger partial charge in [0.2, 0.25) is 0 Å². The molecule has 0 atom stereocenters. The van der Waals surface area contributed by atoms with Crippen LogP contribution in [0.4, 0.5) is 0 Å². The van der Waals surface area contributed by atoms with Crippen LogP contribution in [0.5, 0.6) is 11.5 Å². The fraction of sp³-hybridized carbons (Fsp3) is 0.0667. The van der Waals surface area contributed by atoms with Gasteiger partial charge in [0.1, 0.15) is 5.76 Å². The number of aliphatic hydroxyl groups is 1. The first-order valence-electron chi connectivity index (χ1n) is 6.36. The van der Waals surface area contributed by atoms with Gasteiger partial charge in [-0.25, -0.2) is 14.4 Å². The molecule has 0 saturated heterocycles. The van der Waals surface area contributed by atoms with E-state index in [4.69, 9.17) is 20.1 Å². The molecule has 0 radical (unpaired) electrons. The lowest BCUT2D eigenvalue weighted by molar-refractivity contribution is -0.146. The molecule has 0 amide bonds. The van der Waals surface area contributed by atoms with Crippen molar-refractivity contribution < 1.29 is 49.4 Å². The molecule has 0 aliphatic heterocycles. The molecule has 0 aliphatic rings. The van der Waals surface area contributed by atoms with E-state index in [1.165, 1.54) is 0 Å². The first-order chi connectivity index (χ1) is 11.6. The lowest BCUT2D eigenvalue weighted by Gasteiger charge is -2.10. The third kappa shape index (κ3) is 4.58. The Balaban J connectivity index is 3.53. The molecule has 10 heteroatoms. The summed E-state index contributed by atoms with van der Waals surface area (Å²) in [5.74, 6) is -8.53. The van der Waals surface area contributed by atoms with Crippen molar-refractivity contribution in [3.05, 3.63) is 41.0 Å². The maximum atomic E-state index is 11.1. The Hall–Kier alpha value is -3.82. The summed E-state index contributed by atoms with van der Waals surface area (Å²) in [5.41, 5.74) is -1.78. The Labute approximate surface area is 139 Å². The number of ether oxygens (including phenoxy) is 1. The molecule has 25 heavy (non-hydrogen) atoms. The van der Waals surface area contributed by atoms with Crippen molar-refractivity contribution in [2.75, 3.05) is 7.11 Å². The van der Waals surface area contributed by atoms with Crippen LogP contribution in [0.3, 0.4) is 0 Å². The minimum absolute atomic E-state index is 0.246. The molecule has 1 aromatic rings. The zero-order valence-corrected chi connectivity index (χ0v) is 12.6. The smallest absolute Gasteiger partial charge is 0.376 e. The molecule has 0 spiro atoms. The molecule has 0 saturated carbocycles. The zero-order chi connectivity index (χ0) is 19.3. The second-order valence-corrected chi connectivity index (χ2v) is 4.48. The molecule has 132 valence electrons. The predicted octanol–water partition coefficient (Wildman–Crippen LogP) is 0.663. The van der Waals surface area contributed by atoms with Gasteiger partial charge in [0.15, 0.2) is 11.5 Å². The van der Waals surface area contributed by atoms with Crippen molar-refractivity contribution in [2.24, 2.45) is 0 Å². The molecule has 1 aromatic carbocycles. The maximum absolute atomic E-state index is 11.1. The third-order valence-corrected chi connectivity index (χ3v) is 2.85. The number of aromatic carboxylic acids is 1. The van der Waals surface area contributed by atoms with Crippen LogP contribution in [0.2, 0.25) is 0 Å². The molecule has 0 aliphatic carbocycles. The van der Waals surface area contributed by atoms with Crippen molar-refractivity contribution in [1.29, 1.82) is 0 Å². The Kier molecular flexibility index (Phi) is 5.87. The number of ketones is 1. The summed E-state index contributed by atoms with van der Waals surface area (Å²) in [6.07, 6.45) is 0.736. The van der Waals surface area contributed by atoms with E-state index in [0.29, 0.717) is 6.08 Å². The van der Waals surface area contributed by atoms with Gasteiger partial charge in [0, 0.05) is 6.08 Å². The average molecular weight is 352 g/mol. The van der Waals surface area contributed by atoms with Gasteiger partial charge in [0.05, 0.1) is 23.8 Å². The molecule has 0 bridgehead atoms. The van der Waals surface area contributed by atoms with E-state index in [2.05, 4.69) is 0 Å². The van der Waals surface area contributed by atoms with Crippen molar-refractivity contribution in [2.45, 2.75) is 0 Å². The maximum Gasteiger partial charge on any atom is 0.376 e. The predicted molar refractivity (Wildman–Crippen MR) is 80.6 cm³/mol. The van der Waals surface area contributed by atoms with Crippen LogP contribution in [0.15, 0.2) is 29.9 Å². The number of phenols is 1. The number of rotatable bonds is 7. The SMILES string of the molecule is COc1cc(C(=O)O)cc(C(O)=CC(=CC(=O)C(=O)O)C(=O)O)c1O. The van der Waals surface area contributed by atoms with Gasteiger partial charge in [0.25, 0.3) is 5.78 Å². The molecular weight excluding hydrogens is 340 g/mol. The summed E-state index contributed by atoms with van der Waals surface area (Å²) < 4.78 is 4.76. The highest BCUT2D eigenvalue weighted by Crippen LogP contribution is 2.35. The molecule has 0 aromatic heterocycles. The van der Waals surface area contributed by atoms with Gasteiger partial charge < -0.3 is 30.3 Å². The van der Waals surface area contributed by atoms with E-state index in [9.17, 15) is 29.4 Å². The fourth-order valence-electron chi connectivity index (χ4n) is 1.68. The van der Waals surface area contributed by atoms with E-state index in [-0.39, 0.29) is 17.4 Å². The number of carboxylic acid groups (broad SMARTS) is 3. The monoisotopic (exact) mass is 352 g/mol. The quantitative estimate of drug-likeness (QED) is 0.202. The van der Waals surface area contributed by atoms with E-state index in [1.54, 1.807) is 0 Å². The number of carboxylic acids is 3. The summed E-state index contributed by atoms with van der Waals surface area (Å²) in [6, 6.07) is 1.81. The van der Waals surface area contributed by atoms with Gasteiger partial charge in [-0.15, -0.1) is 0 Å². The molecule has 0 fully saturated rings. The average Bonchev–Trinajstić information content (AvgIpc) is 2.53. The van der Waals surface area contributed by atoms with Crippen LogP contribution in [0, 0.1) is 0 Å². The topological polar surface area (TPSA) is 179 Å². The number of hydrogen-bond acceptors (Lipinski definition) is 7. The Bertz CT molecular complexity index is 816. The van der Waals surface area contributed by atoms with Gasteiger partial charge in [-0.05, 0) is 18.2 Å². The van der Waals surface area contributed by atoms with Gasteiger partial charge in [-0.2, -0.15) is 0 Å². The highest BCUT2D eigenvalue weighted by molar-refractivity contribution is 6.38. The Morgan fingerprint density at radius 3 is 2.00 bits per heavy atom. The first-order valence-corrected chi connectivity index (χ1v) is 6.36. The Morgan fingerprint density at radius 1 is 0.960 bits per heavy atom. The first kappa shape index (κ1) is 19.2.